The van der Waals surface area contributed by atoms with E-state index in [9.17, 15) is 18.5 Å². The second-order valence-corrected chi connectivity index (χ2v) is 9.61. The van der Waals surface area contributed by atoms with Crippen molar-refractivity contribution in [1.82, 2.24) is 9.62 Å². The van der Waals surface area contributed by atoms with Crippen LogP contribution in [0.3, 0.4) is 0 Å². The van der Waals surface area contributed by atoms with E-state index in [4.69, 9.17) is 10.8 Å². The molecule has 0 bridgehead atoms. The van der Waals surface area contributed by atoms with E-state index in [0.717, 1.165) is 29.5 Å². The van der Waals surface area contributed by atoms with Crippen LogP contribution in [-0.4, -0.2) is 56.1 Å². The minimum atomic E-state index is -3.64. The van der Waals surface area contributed by atoms with Crippen LogP contribution in [0.5, 0.6) is 0 Å². The first-order valence-electron chi connectivity index (χ1n) is 10.6. The van der Waals surface area contributed by atoms with Gasteiger partial charge in [0.1, 0.15) is 6.04 Å². The summed E-state index contributed by atoms with van der Waals surface area (Å²) >= 11 is 0. The van der Waals surface area contributed by atoms with Crippen LogP contribution in [0.15, 0.2) is 53.4 Å². The first-order valence-corrected chi connectivity index (χ1v) is 12.1. The van der Waals surface area contributed by atoms with Gasteiger partial charge in [0, 0.05) is 19.5 Å². The quantitative estimate of drug-likeness (QED) is 0.522. The average molecular weight is 457 g/mol. The zero-order valence-corrected chi connectivity index (χ0v) is 18.6. The first kappa shape index (κ1) is 23.9. The monoisotopic (exact) mass is 456 g/mol. The predicted molar refractivity (Wildman–Crippen MR) is 121 cm³/mol. The number of nitrogens with two attached hydrogens (primary N) is 1. The van der Waals surface area contributed by atoms with Gasteiger partial charge in [-0.25, -0.2) is 13.1 Å². The van der Waals surface area contributed by atoms with Gasteiger partial charge in [-0.05, 0) is 41.7 Å². The number of amides is 1. The SMILES string of the molecule is N#C[C@H](Cc1ccc(-c2ccc(S(=O)(=O)NCCO)cc2)cc1)N1CCCCC1C(N)=O. The van der Waals surface area contributed by atoms with Gasteiger partial charge in [0.2, 0.25) is 15.9 Å². The molecule has 1 aliphatic heterocycles. The molecule has 1 unspecified atom stereocenters. The van der Waals surface area contributed by atoms with Gasteiger partial charge in [0.05, 0.1) is 23.6 Å². The van der Waals surface area contributed by atoms with Crippen molar-refractivity contribution in [2.75, 3.05) is 19.7 Å². The average Bonchev–Trinajstić information content (AvgIpc) is 2.81. The molecule has 0 spiro atoms. The zero-order chi connectivity index (χ0) is 23.1. The van der Waals surface area contributed by atoms with Crippen molar-refractivity contribution >= 4 is 15.9 Å². The molecule has 170 valence electrons. The number of likely N-dealkylation sites (tertiary alicyclic amines) is 1. The van der Waals surface area contributed by atoms with Crippen molar-refractivity contribution < 1.29 is 18.3 Å². The summed E-state index contributed by atoms with van der Waals surface area (Å²) in [5, 5.41) is 18.5. The van der Waals surface area contributed by atoms with Crippen LogP contribution in [0.2, 0.25) is 0 Å². The number of carbonyl (C=O) groups is 1. The fourth-order valence-corrected chi connectivity index (χ4v) is 5.04. The molecule has 1 saturated heterocycles. The van der Waals surface area contributed by atoms with Crippen molar-refractivity contribution in [1.29, 1.82) is 5.26 Å². The fraction of sp³-hybridized carbons (Fsp3) is 0.391. The molecule has 3 rings (SSSR count). The van der Waals surface area contributed by atoms with Gasteiger partial charge < -0.3 is 10.8 Å². The first-order chi connectivity index (χ1) is 15.4. The summed E-state index contributed by atoms with van der Waals surface area (Å²) in [6.45, 7) is 0.385. The normalized spacial score (nSPS) is 18.1. The summed E-state index contributed by atoms with van der Waals surface area (Å²) in [6.07, 6.45) is 3.07. The lowest BCUT2D eigenvalue weighted by Crippen LogP contribution is -2.52. The van der Waals surface area contributed by atoms with Crippen molar-refractivity contribution in [2.45, 2.75) is 42.7 Å². The number of nitrogens with one attached hydrogen (secondary N) is 1. The lowest BCUT2D eigenvalue weighted by Gasteiger charge is -2.36. The second kappa shape index (κ2) is 10.7. The van der Waals surface area contributed by atoms with E-state index >= 15 is 0 Å². The number of aliphatic hydroxyl groups excluding tert-OH is 1. The fourth-order valence-electron chi connectivity index (χ4n) is 4.02. The van der Waals surface area contributed by atoms with Crippen LogP contribution in [0.4, 0.5) is 0 Å². The maximum absolute atomic E-state index is 12.1. The number of hydrogen-bond donors (Lipinski definition) is 3. The standard InChI is InChI=1S/C23H28N4O4S/c24-16-20(27-13-2-1-3-22(27)23(25)29)15-17-4-6-18(7-5-17)19-8-10-21(11-9-19)32(30,31)26-12-14-28/h4-11,20,22,26,28H,1-3,12-15H2,(H2,25,29)/t20-,22?/m0/s1. The summed E-state index contributed by atoms with van der Waals surface area (Å²) in [5.74, 6) is -0.377. The predicted octanol–water partition coefficient (Wildman–Crippen LogP) is 1.40. The van der Waals surface area contributed by atoms with E-state index in [-0.39, 0.29) is 24.0 Å². The van der Waals surface area contributed by atoms with E-state index < -0.39 is 22.1 Å². The van der Waals surface area contributed by atoms with Gasteiger partial charge in [-0.2, -0.15) is 5.26 Å². The Morgan fingerprint density at radius 3 is 2.34 bits per heavy atom. The van der Waals surface area contributed by atoms with Gasteiger partial charge in [0.25, 0.3) is 0 Å². The van der Waals surface area contributed by atoms with Gasteiger partial charge in [-0.1, -0.05) is 42.8 Å². The Balaban J connectivity index is 1.70. The number of sulfonamides is 1. The molecule has 1 heterocycles. The third-order valence-corrected chi connectivity index (χ3v) is 7.18. The number of nitrogens with zero attached hydrogens (tertiary/aromatic N) is 2. The molecule has 0 saturated carbocycles. The number of hydrogen-bond acceptors (Lipinski definition) is 6. The van der Waals surface area contributed by atoms with E-state index in [2.05, 4.69) is 10.8 Å². The van der Waals surface area contributed by atoms with Crippen LogP contribution in [0.1, 0.15) is 24.8 Å². The van der Waals surface area contributed by atoms with E-state index in [1.165, 1.54) is 12.1 Å². The maximum atomic E-state index is 12.1. The van der Waals surface area contributed by atoms with Crippen LogP contribution in [-0.2, 0) is 21.2 Å². The Morgan fingerprint density at radius 2 is 1.78 bits per heavy atom. The highest BCUT2D eigenvalue weighted by molar-refractivity contribution is 7.89. The number of primary amides is 1. The number of benzene rings is 2. The zero-order valence-electron chi connectivity index (χ0n) is 17.8. The highest BCUT2D eigenvalue weighted by atomic mass is 32.2. The third-order valence-electron chi connectivity index (χ3n) is 5.71. The molecular weight excluding hydrogens is 428 g/mol. The minimum Gasteiger partial charge on any atom is -0.395 e. The molecular formula is C23H28N4O4S. The molecule has 0 aromatic heterocycles. The number of aliphatic hydroxyl groups is 1. The molecule has 1 aliphatic rings. The highest BCUT2D eigenvalue weighted by Gasteiger charge is 2.32. The number of rotatable bonds is 9. The third kappa shape index (κ3) is 5.72. The molecule has 32 heavy (non-hydrogen) atoms. The topological polar surface area (TPSA) is 137 Å². The summed E-state index contributed by atoms with van der Waals surface area (Å²) in [4.78, 5) is 13.8. The number of carbonyl (C=O) groups excluding carboxylic acids is 1. The van der Waals surface area contributed by atoms with Crippen molar-refractivity contribution in [3.63, 3.8) is 0 Å². The van der Waals surface area contributed by atoms with Crippen LogP contribution >= 0.6 is 0 Å². The van der Waals surface area contributed by atoms with E-state index in [0.29, 0.717) is 19.4 Å². The van der Waals surface area contributed by atoms with Crippen LogP contribution in [0, 0.1) is 11.3 Å². The van der Waals surface area contributed by atoms with Gasteiger partial charge in [-0.15, -0.1) is 0 Å². The summed E-state index contributed by atoms with van der Waals surface area (Å²) < 4.78 is 26.6. The Kier molecular flexibility index (Phi) is 7.99. The largest absolute Gasteiger partial charge is 0.395 e. The van der Waals surface area contributed by atoms with Crippen molar-refractivity contribution in [2.24, 2.45) is 5.73 Å². The van der Waals surface area contributed by atoms with Crippen molar-refractivity contribution in [3.8, 4) is 17.2 Å². The molecule has 4 N–H and O–H groups in total. The maximum Gasteiger partial charge on any atom is 0.240 e. The number of nitriles is 1. The lowest BCUT2D eigenvalue weighted by atomic mass is 9.96. The molecule has 0 aliphatic carbocycles. The Morgan fingerprint density at radius 1 is 1.16 bits per heavy atom. The Hall–Kier alpha value is -2.77. The molecule has 1 amide bonds. The summed E-state index contributed by atoms with van der Waals surface area (Å²) in [5.41, 5.74) is 8.30. The van der Waals surface area contributed by atoms with Gasteiger partial charge in [-0.3, -0.25) is 9.69 Å². The molecule has 1 fully saturated rings. The summed E-state index contributed by atoms with van der Waals surface area (Å²) in [7, 11) is -3.64. The molecule has 2 aromatic carbocycles. The van der Waals surface area contributed by atoms with Crippen LogP contribution < -0.4 is 10.5 Å². The molecule has 8 nitrogen and oxygen atoms in total. The molecule has 9 heteroatoms. The van der Waals surface area contributed by atoms with E-state index in [1.807, 2.05) is 29.2 Å². The lowest BCUT2D eigenvalue weighted by molar-refractivity contribution is -0.125. The Bertz CT molecular complexity index is 1060. The van der Waals surface area contributed by atoms with E-state index in [1.54, 1.807) is 12.1 Å². The molecule has 2 aromatic rings. The second-order valence-electron chi connectivity index (χ2n) is 7.84. The molecule has 0 radical (unpaired) electrons. The molecule has 2 atom stereocenters. The van der Waals surface area contributed by atoms with Crippen LogP contribution in [0.25, 0.3) is 11.1 Å². The summed E-state index contributed by atoms with van der Waals surface area (Å²) in [6, 6.07) is 15.8. The van der Waals surface area contributed by atoms with Gasteiger partial charge in [0.15, 0.2) is 0 Å². The van der Waals surface area contributed by atoms with Gasteiger partial charge >= 0.3 is 0 Å². The highest BCUT2D eigenvalue weighted by Crippen LogP contribution is 2.24. The Labute approximate surface area is 188 Å². The smallest absolute Gasteiger partial charge is 0.240 e. The van der Waals surface area contributed by atoms with Crippen molar-refractivity contribution in [3.05, 3.63) is 54.1 Å². The minimum absolute atomic E-state index is 0.0349. The number of piperidine rings is 1.